The van der Waals surface area contributed by atoms with E-state index in [1.165, 1.54) is 13.0 Å². The highest BCUT2D eigenvalue weighted by Crippen LogP contribution is 2.33. The smallest absolute Gasteiger partial charge is 0.342 e. The van der Waals surface area contributed by atoms with Crippen LogP contribution in [0.5, 0.6) is 0 Å². The Morgan fingerprint density at radius 1 is 1.14 bits per heavy atom. The standard InChI is InChI=1S/C20H23F3N4O2/c1-12(28)27-8-2-3-17(27)19(29)26-9-6-13(7-10-26)18-24-15-5-4-14(20(21,22)23)11-16(15)25-18/h4-5,11,13,17H,2-3,6-10H2,1H3,(H,24,25)/t17-/m1/s1. The van der Waals surface area contributed by atoms with Crippen LogP contribution < -0.4 is 0 Å². The van der Waals surface area contributed by atoms with Gasteiger partial charge in [-0.15, -0.1) is 0 Å². The summed E-state index contributed by atoms with van der Waals surface area (Å²) in [5.41, 5.74) is 0.168. The predicted molar refractivity (Wildman–Crippen MR) is 100 cm³/mol. The molecule has 0 saturated carbocycles. The number of fused-ring (bicyclic) bond motifs is 1. The number of likely N-dealkylation sites (tertiary alicyclic amines) is 2. The van der Waals surface area contributed by atoms with E-state index in [1.807, 2.05) is 0 Å². The Kier molecular flexibility index (Phi) is 5.00. The lowest BCUT2D eigenvalue weighted by atomic mass is 9.95. The first kappa shape index (κ1) is 19.7. The summed E-state index contributed by atoms with van der Waals surface area (Å²) in [5, 5.41) is 0. The first-order chi connectivity index (χ1) is 13.7. The van der Waals surface area contributed by atoms with Crippen molar-refractivity contribution < 1.29 is 22.8 Å². The molecule has 0 aliphatic carbocycles. The van der Waals surface area contributed by atoms with E-state index < -0.39 is 11.7 Å². The lowest BCUT2D eigenvalue weighted by molar-refractivity contribution is -0.143. The predicted octanol–water partition coefficient (Wildman–Crippen LogP) is 3.30. The van der Waals surface area contributed by atoms with E-state index in [2.05, 4.69) is 9.97 Å². The van der Waals surface area contributed by atoms with E-state index in [0.717, 1.165) is 18.6 Å². The third-order valence-electron chi connectivity index (χ3n) is 5.96. The molecule has 2 amide bonds. The van der Waals surface area contributed by atoms with Gasteiger partial charge in [-0.05, 0) is 43.9 Å². The number of H-pyrrole nitrogens is 1. The fraction of sp³-hybridized carbons (Fsp3) is 0.550. The molecular formula is C20H23F3N4O2. The topological polar surface area (TPSA) is 69.3 Å². The molecule has 29 heavy (non-hydrogen) atoms. The molecule has 0 bridgehead atoms. The molecule has 2 aliphatic rings. The summed E-state index contributed by atoms with van der Waals surface area (Å²) >= 11 is 0. The minimum Gasteiger partial charge on any atom is -0.342 e. The van der Waals surface area contributed by atoms with Gasteiger partial charge in [0.25, 0.3) is 0 Å². The molecule has 4 rings (SSSR count). The fourth-order valence-electron chi connectivity index (χ4n) is 4.38. The Balaban J connectivity index is 1.43. The number of nitrogens with one attached hydrogen (secondary N) is 1. The van der Waals surface area contributed by atoms with Crippen molar-refractivity contribution >= 4 is 22.8 Å². The highest BCUT2D eigenvalue weighted by molar-refractivity contribution is 5.87. The lowest BCUT2D eigenvalue weighted by Crippen LogP contribution is -2.49. The van der Waals surface area contributed by atoms with Gasteiger partial charge < -0.3 is 14.8 Å². The Bertz CT molecular complexity index is 931. The van der Waals surface area contributed by atoms with Gasteiger partial charge in [0.05, 0.1) is 16.6 Å². The highest BCUT2D eigenvalue weighted by Gasteiger charge is 2.37. The maximum Gasteiger partial charge on any atom is 0.416 e. The van der Waals surface area contributed by atoms with Crippen LogP contribution in [0.4, 0.5) is 13.2 Å². The van der Waals surface area contributed by atoms with Gasteiger partial charge in [0.15, 0.2) is 0 Å². The molecule has 3 heterocycles. The SMILES string of the molecule is CC(=O)N1CCC[C@@H]1C(=O)N1CCC(c2nc3cc(C(F)(F)F)ccc3[nH]2)CC1. The Hall–Kier alpha value is -2.58. The maximum atomic E-state index is 12.9. The number of halogens is 3. The largest absolute Gasteiger partial charge is 0.416 e. The number of imidazole rings is 1. The number of rotatable bonds is 2. The van der Waals surface area contributed by atoms with Crippen LogP contribution in [0.15, 0.2) is 18.2 Å². The Labute approximate surface area is 166 Å². The fourth-order valence-corrected chi connectivity index (χ4v) is 4.38. The second-order valence-electron chi connectivity index (χ2n) is 7.82. The molecule has 1 atom stereocenters. The summed E-state index contributed by atoms with van der Waals surface area (Å²) in [6, 6.07) is 3.15. The Morgan fingerprint density at radius 3 is 2.52 bits per heavy atom. The minimum absolute atomic E-state index is 0.00410. The molecule has 0 radical (unpaired) electrons. The summed E-state index contributed by atoms with van der Waals surface area (Å²) in [4.78, 5) is 35.5. The van der Waals surface area contributed by atoms with Crippen molar-refractivity contribution in [3.63, 3.8) is 0 Å². The molecule has 6 nitrogen and oxygen atoms in total. The normalized spacial score (nSPS) is 21.2. The van der Waals surface area contributed by atoms with Crippen LogP contribution in [0.2, 0.25) is 0 Å². The molecule has 2 aromatic rings. The van der Waals surface area contributed by atoms with Gasteiger partial charge in [-0.1, -0.05) is 0 Å². The van der Waals surface area contributed by atoms with Gasteiger partial charge >= 0.3 is 6.18 Å². The van der Waals surface area contributed by atoms with Crippen LogP contribution >= 0.6 is 0 Å². The molecule has 156 valence electrons. The molecule has 1 aromatic heterocycles. The summed E-state index contributed by atoms with van der Waals surface area (Å²) in [6.07, 6.45) is -1.49. The molecular weight excluding hydrogens is 385 g/mol. The third kappa shape index (κ3) is 3.82. The van der Waals surface area contributed by atoms with Crippen molar-refractivity contribution in [3.8, 4) is 0 Å². The number of piperidine rings is 1. The maximum absolute atomic E-state index is 12.9. The number of benzene rings is 1. The highest BCUT2D eigenvalue weighted by atomic mass is 19.4. The Morgan fingerprint density at radius 2 is 1.86 bits per heavy atom. The molecule has 2 saturated heterocycles. The molecule has 2 aliphatic heterocycles. The number of nitrogens with zero attached hydrogens (tertiary/aromatic N) is 3. The first-order valence-electron chi connectivity index (χ1n) is 9.87. The van der Waals surface area contributed by atoms with E-state index in [9.17, 15) is 22.8 Å². The van der Waals surface area contributed by atoms with Crippen LogP contribution in [0.3, 0.4) is 0 Å². The van der Waals surface area contributed by atoms with Crippen molar-refractivity contribution in [2.45, 2.75) is 50.7 Å². The molecule has 1 aromatic carbocycles. The molecule has 1 N–H and O–H groups in total. The van der Waals surface area contributed by atoms with Crippen molar-refractivity contribution in [2.75, 3.05) is 19.6 Å². The summed E-state index contributed by atoms with van der Waals surface area (Å²) in [6.45, 7) is 3.22. The average molecular weight is 408 g/mol. The van der Waals surface area contributed by atoms with Crippen molar-refractivity contribution in [1.82, 2.24) is 19.8 Å². The second-order valence-corrected chi connectivity index (χ2v) is 7.82. The van der Waals surface area contributed by atoms with Crippen LogP contribution in [0, 0.1) is 0 Å². The van der Waals surface area contributed by atoms with E-state index in [1.54, 1.807) is 9.80 Å². The van der Waals surface area contributed by atoms with Gasteiger partial charge in [-0.25, -0.2) is 4.98 Å². The number of aromatic amines is 1. The lowest BCUT2D eigenvalue weighted by Gasteiger charge is -2.34. The number of carbonyl (C=O) groups is 2. The minimum atomic E-state index is -4.40. The van der Waals surface area contributed by atoms with Crippen LogP contribution in [0.1, 0.15) is 49.9 Å². The summed E-state index contributed by atoms with van der Waals surface area (Å²) in [5.74, 6) is 0.651. The van der Waals surface area contributed by atoms with Gasteiger partial charge in [0.2, 0.25) is 11.8 Å². The molecule has 0 spiro atoms. The monoisotopic (exact) mass is 408 g/mol. The third-order valence-corrected chi connectivity index (χ3v) is 5.96. The molecule has 9 heteroatoms. The number of carbonyl (C=O) groups excluding carboxylic acids is 2. The van der Waals surface area contributed by atoms with Gasteiger partial charge in [0, 0.05) is 32.5 Å². The van der Waals surface area contributed by atoms with Gasteiger partial charge in [-0.2, -0.15) is 13.2 Å². The number of hydrogen-bond acceptors (Lipinski definition) is 3. The van der Waals surface area contributed by atoms with Gasteiger partial charge in [0.1, 0.15) is 11.9 Å². The van der Waals surface area contributed by atoms with Crippen LogP contribution in [0.25, 0.3) is 11.0 Å². The van der Waals surface area contributed by atoms with E-state index in [-0.39, 0.29) is 23.8 Å². The van der Waals surface area contributed by atoms with Crippen molar-refractivity contribution in [1.29, 1.82) is 0 Å². The zero-order valence-corrected chi connectivity index (χ0v) is 16.1. The second kappa shape index (κ2) is 7.35. The van der Waals surface area contributed by atoms with Crippen molar-refractivity contribution in [3.05, 3.63) is 29.6 Å². The van der Waals surface area contributed by atoms with Crippen molar-refractivity contribution in [2.24, 2.45) is 0 Å². The molecule has 0 unspecified atom stereocenters. The number of amides is 2. The zero-order valence-electron chi connectivity index (χ0n) is 16.1. The van der Waals surface area contributed by atoms with E-state index in [4.69, 9.17) is 0 Å². The number of hydrogen-bond donors (Lipinski definition) is 1. The number of aromatic nitrogens is 2. The van der Waals surface area contributed by atoms with E-state index >= 15 is 0 Å². The summed E-state index contributed by atoms with van der Waals surface area (Å²) in [7, 11) is 0. The number of alkyl halides is 3. The molecule has 2 fully saturated rings. The van der Waals surface area contributed by atoms with Gasteiger partial charge in [-0.3, -0.25) is 9.59 Å². The zero-order chi connectivity index (χ0) is 20.8. The van der Waals surface area contributed by atoms with Crippen LogP contribution in [-0.4, -0.2) is 57.3 Å². The first-order valence-corrected chi connectivity index (χ1v) is 9.87. The van der Waals surface area contributed by atoms with E-state index in [0.29, 0.717) is 55.8 Å². The van der Waals surface area contributed by atoms with Crippen LogP contribution in [-0.2, 0) is 15.8 Å². The quantitative estimate of drug-likeness (QED) is 0.829. The average Bonchev–Trinajstić information content (AvgIpc) is 3.33. The summed E-state index contributed by atoms with van der Waals surface area (Å²) < 4.78 is 38.7.